The van der Waals surface area contributed by atoms with Crippen LogP contribution in [0, 0.1) is 0 Å². The van der Waals surface area contributed by atoms with Gasteiger partial charge in [-0.1, -0.05) is 24.3 Å². The van der Waals surface area contributed by atoms with E-state index in [1.807, 2.05) is 19.1 Å². The first-order chi connectivity index (χ1) is 12.1. The minimum Gasteiger partial charge on any atom is -0.490 e. The maximum Gasteiger partial charge on any atom is 0.180 e. The molecule has 0 saturated heterocycles. The smallest absolute Gasteiger partial charge is 0.180 e. The van der Waals surface area contributed by atoms with Crippen molar-refractivity contribution >= 4 is 11.6 Å². The van der Waals surface area contributed by atoms with Crippen molar-refractivity contribution in [3.63, 3.8) is 0 Å². The molecule has 6 heteroatoms. The van der Waals surface area contributed by atoms with Crippen LogP contribution in [-0.4, -0.2) is 29.2 Å². The highest BCUT2D eigenvalue weighted by molar-refractivity contribution is 6.32. The highest BCUT2D eigenvalue weighted by atomic mass is 35.5. The minimum atomic E-state index is 0.253. The number of benzene rings is 1. The molecule has 0 aliphatic rings. The molecule has 0 spiro atoms. The fraction of sp³-hybridized carbons (Fsp3) is 0.368. The number of halogens is 1. The summed E-state index contributed by atoms with van der Waals surface area (Å²) in [6.45, 7) is 9.29. The van der Waals surface area contributed by atoms with Crippen molar-refractivity contribution in [1.82, 2.24) is 15.3 Å². The number of aromatic nitrogens is 2. The largest absolute Gasteiger partial charge is 0.490 e. The monoisotopic (exact) mass is 361 g/mol. The molecule has 1 aromatic carbocycles. The van der Waals surface area contributed by atoms with Crippen LogP contribution in [0.15, 0.2) is 43.4 Å². The molecule has 25 heavy (non-hydrogen) atoms. The van der Waals surface area contributed by atoms with Crippen LogP contribution < -0.4 is 14.8 Å². The maximum absolute atomic E-state index is 6.37. The summed E-state index contributed by atoms with van der Waals surface area (Å²) in [5, 5.41) is 4.00. The second-order valence-corrected chi connectivity index (χ2v) is 6.03. The van der Waals surface area contributed by atoms with Crippen molar-refractivity contribution in [3.05, 3.63) is 59.7 Å². The van der Waals surface area contributed by atoms with Gasteiger partial charge in [0.05, 0.1) is 17.3 Å². The van der Waals surface area contributed by atoms with Crippen molar-refractivity contribution in [1.29, 1.82) is 0 Å². The standard InChI is InChI=1S/C19H24ClN3O2/c1-4-8-25-19-17(20)10-15(11-18(19)24-5-2)12-23-14(3)9-16-13-21-6-7-22-16/h4,6-7,10-11,13-14,23H,1,5,8-9,12H2,2-3H3/t14-/m1/s1. The Balaban J connectivity index is 2.02. The number of rotatable bonds is 10. The van der Waals surface area contributed by atoms with Crippen LogP contribution in [0.2, 0.25) is 5.02 Å². The van der Waals surface area contributed by atoms with Gasteiger partial charge in [0.2, 0.25) is 0 Å². The van der Waals surface area contributed by atoms with Crippen molar-refractivity contribution in [2.24, 2.45) is 0 Å². The highest BCUT2D eigenvalue weighted by Gasteiger charge is 2.13. The van der Waals surface area contributed by atoms with Gasteiger partial charge in [-0.3, -0.25) is 9.97 Å². The van der Waals surface area contributed by atoms with E-state index in [2.05, 4.69) is 28.8 Å². The summed E-state index contributed by atoms with van der Waals surface area (Å²) in [5.74, 6) is 1.20. The van der Waals surface area contributed by atoms with Crippen LogP contribution in [0.1, 0.15) is 25.1 Å². The summed E-state index contributed by atoms with van der Waals surface area (Å²) in [6.07, 6.45) is 7.65. The van der Waals surface area contributed by atoms with Crippen LogP contribution in [-0.2, 0) is 13.0 Å². The van der Waals surface area contributed by atoms with Crippen molar-refractivity contribution in [2.75, 3.05) is 13.2 Å². The normalized spacial score (nSPS) is 11.8. The molecular weight excluding hydrogens is 338 g/mol. The first-order valence-electron chi connectivity index (χ1n) is 8.31. The van der Waals surface area contributed by atoms with Gasteiger partial charge in [-0.25, -0.2) is 0 Å². The second kappa shape index (κ2) is 10.0. The van der Waals surface area contributed by atoms with Crippen molar-refractivity contribution in [2.45, 2.75) is 32.9 Å². The van der Waals surface area contributed by atoms with E-state index in [1.54, 1.807) is 24.7 Å². The molecule has 0 radical (unpaired) electrons. The molecule has 0 aliphatic heterocycles. The van der Waals surface area contributed by atoms with Crippen LogP contribution in [0.4, 0.5) is 0 Å². The molecule has 0 saturated carbocycles. The summed E-state index contributed by atoms with van der Waals surface area (Å²) in [5.41, 5.74) is 1.99. The Labute approximate surface area is 154 Å². The second-order valence-electron chi connectivity index (χ2n) is 5.62. The van der Waals surface area contributed by atoms with Gasteiger partial charge in [-0.15, -0.1) is 0 Å². The van der Waals surface area contributed by atoms with Crippen LogP contribution in [0.5, 0.6) is 11.5 Å². The third kappa shape index (κ3) is 6.03. The molecule has 0 bridgehead atoms. The van der Waals surface area contributed by atoms with E-state index < -0.39 is 0 Å². The lowest BCUT2D eigenvalue weighted by molar-refractivity contribution is 0.296. The molecule has 0 aliphatic carbocycles. The topological polar surface area (TPSA) is 56.3 Å². The van der Waals surface area contributed by atoms with Crippen molar-refractivity contribution < 1.29 is 9.47 Å². The molecule has 1 N–H and O–H groups in total. The first-order valence-corrected chi connectivity index (χ1v) is 8.69. The summed E-state index contributed by atoms with van der Waals surface area (Å²) in [4.78, 5) is 8.39. The van der Waals surface area contributed by atoms with Gasteiger partial charge in [0.1, 0.15) is 6.61 Å². The molecule has 1 atom stereocenters. The number of nitrogens with one attached hydrogen (secondary N) is 1. The molecule has 1 aromatic heterocycles. The van der Waals surface area contributed by atoms with E-state index in [9.17, 15) is 0 Å². The Kier molecular flexibility index (Phi) is 7.70. The number of hydrogen-bond acceptors (Lipinski definition) is 5. The Morgan fingerprint density at radius 3 is 2.84 bits per heavy atom. The molecule has 0 amide bonds. The fourth-order valence-corrected chi connectivity index (χ4v) is 2.67. The predicted octanol–water partition coefficient (Wildman–Crippen LogP) is 3.81. The zero-order valence-electron chi connectivity index (χ0n) is 14.7. The van der Waals surface area contributed by atoms with E-state index in [1.165, 1.54) is 0 Å². The molecule has 134 valence electrons. The zero-order valence-corrected chi connectivity index (χ0v) is 15.4. The summed E-state index contributed by atoms with van der Waals surface area (Å²) >= 11 is 6.37. The fourth-order valence-electron chi connectivity index (χ4n) is 2.38. The SMILES string of the molecule is C=CCOc1c(Cl)cc(CN[C@H](C)Cc2cnccn2)cc1OCC. The van der Waals surface area contributed by atoms with Gasteiger partial charge >= 0.3 is 0 Å². The Bertz CT molecular complexity index is 680. The van der Waals surface area contributed by atoms with Gasteiger partial charge < -0.3 is 14.8 Å². The zero-order chi connectivity index (χ0) is 18.1. The summed E-state index contributed by atoms with van der Waals surface area (Å²) in [6, 6.07) is 4.10. The maximum atomic E-state index is 6.37. The van der Waals surface area contributed by atoms with E-state index >= 15 is 0 Å². The van der Waals surface area contributed by atoms with E-state index in [0.717, 1.165) is 17.7 Å². The first kappa shape index (κ1) is 19.2. The van der Waals surface area contributed by atoms with Crippen LogP contribution in [0.25, 0.3) is 0 Å². The molecule has 0 fully saturated rings. The third-order valence-corrected chi connectivity index (χ3v) is 3.78. The lowest BCUT2D eigenvalue weighted by Gasteiger charge is -2.17. The van der Waals surface area contributed by atoms with E-state index in [4.69, 9.17) is 21.1 Å². The lowest BCUT2D eigenvalue weighted by atomic mass is 10.1. The molecular formula is C19H24ClN3O2. The Morgan fingerprint density at radius 2 is 2.16 bits per heavy atom. The van der Waals surface area contributed by atoms with Gasteiger partial charge in [0, 0.05) is 37.6 Å². The summed E-state index contributed by atoms with van der Waals surface area (Å²) in [7, 11) is 0. The average Bonchev–Trinajstić information content (AvgIpc) is 2.60. The molecule has 1 heterocycles. The molecule has 2 rings (SSSR count). The Hall–Kier alpha value is -2.11. The quantitative estimate of drug-likeness (QED) is 0.652. The number of nitrogens with zero attached hydrogens (tertiary/aromatic N) is 2. The van der Waals surface area contributed by atoms with Crippen LogP contribution in [0.3, 0.4) is 0 Å². The summed E-state index contributed by atoms with van der Waals surface area (Å²) < 4.78 is 11.3. The van der Waals surface area contributed by atoms with Gasteiger partial charge in [-0.2, -0.15) is 0 Å². The van der Waals surface area contributed by atoms with Gasteiger partial charge in [0.25, 0.3) is 0 Å². The van der Waals surface area contributed by atoms with E-state index in [-0.39, 0.29) is 6.04 Å². The molecule has 0 unspecified atom stereocenters. The van der Waals surface area contributed by atoms with Crippen LogP contribution >= 0.6 is 11.6 Å². The Morgan fingerprint density at radius 1 is 1.32 bits per heavy atom. The number of ether oxygens (including phenoxy) is 2. The molecule has 5 nitrogen and oxygen atoms in total. The highest BCUT2D eigenvalue weighted by Crippen LogP contribution is 2.36. The van der Waals surface area contributed by atoms with Crippen molar-refractivity contribution in [3.8, 4) is 11.5 Å². The molecule has 2 aromatic rings. The third-order valence-electron chi connectivity index (χ3n) is 3.50. The minimum absolute atomic E-state index is 0.253. The lowest BCUT2D eigenvalue weighted by Crippen LogP contribution is -2.28. The predicted molar refractivity (Wildman–Crippen MR) is 100 cm³/mol. The van der Waals surface area contributed by atoms with Gasteiger partial charge in [-0.05, 0) is 31.5 Å². The van der Waals surface area contributed by atoms with E-state index in [0.29, 0.717) is 36.3 Å². The number of hydrogen-bond donors (Lipinski definition) is 1. The average molecular weight is 362 g/mol. The van der Waals surface area contributed by atoms with Gasteiger partial charge in [0.15, 0.2) is 11.5 Å².